The van der Waals surface area contributed by atoms with Gasteiger partial charge < -0.3 is 9.73 Å². The molecule has 2 aromatic carbocycles. The Morgan fingerprint density at radius 1 is 0.800 bits per heavy atom. The minimum Gasteiger partial charge on any atom is -0.459 e. The Morgan fingerprint density at radius 3 is 1.96 bits per heavy atom. The molecule has 4 rings (SSSR count). The quantitative estimate of drug-likeness (QED) is 0.705. The number of para-hydroxylation sites is 1. The SMILES string of the molecule is O=C(Nc1ccccc1)c1ccco1.O=C1NC(=O)c2ccccc21. The largest absolute Gasteiger partial charge is 0.459 e. The van der Waals surface area contributed by atoms with Crippen molar-refractivity contribution >= 4 is 23.4 Å². The molecule has 0 saturated carbocycles. The lowest BCUT2D eigenvalue weighted by Crippen LogP contribution is -2.19. The maximum atomic E-state index is 11.5. The van der Waals surface area contributed by atoms with E-state index in [2.05, 4.69) is 10.6 Å². The van der Waals surface area contributed by atoms with Crippen molar-refractivity contribution < 1.29 is 18.8 Å². The summed E-state index contributed by atoms with van der Waals surface area (Å²) in [7, 11) is 0. The number of anilines is 1. The summed E-state index contributed by atoms with van der Waals surface area (Å²) in [6, 6.07) is 19.3. The molecule has 0 radical (unpaired) electrons. The second kappa shape index (κ2) is 7.27. The predicted molar refractivity (Wildman–Crippen MR) is 91.3 cm³/mol. The average Bonchev–Trinajstić information content (AvgIpc) is 3.26. The normalized spacial score (nSPS) is 11.8. The Hall–Kier alpha value is -3.67. The molecule has 1 aliphatic heterocycles. The lowest BCUT2D eigenvalue weighted by Gasteiger charge is -2.01. The highest BCUT2D eigenvalue weighted by Crippen LogP contribution is 2.13. The van der Waals surface area contributed by atoms with Crippen molar-refractivity contribution in [1.29, 1.82) is 0 Å². The van der Waals surface area contributed by atoms with Crippen LogP contribution in [0.25, 0.3) is 0 Å². The van der Waals surface area contributed by atoms with Crippen molar-refractivity contribution in [2.24, 2.45) is 0 Å². The van der Waals surface area contributed by atoms with Crippen LogP contribution in [0.15, 0.2) is 77.4 Å². The van der Waals surface area contributed by atoms with Gasteiger partial charge in [0.1, 0.15) is 0 Å². The van der Waals surface area contributed by atoms with E-state index in [4.69, 9.17) is 4.42 Å². The fraction of sp³-hybridized carbons (Fsp3) is 0. The first kappa shape index (κ1) is 16.2. The number of hydrogen-bond acceptors (Lipinski definition) is 4. The average molecular weight is 334 g/mol. The van der Waals surface area contributed by atoms with Gasteiger partial charge in [-0.2, -0.15) is 0 Å². The minimum atomic E-state index is -0.300. The highest BCUT2D eigenvalue weighted by Gasteiger charge is 2.25. The van der Waals surface area contributed by atoms with Crippen LogP contribution in [0.5, 0.6) is 0 Å². The summed E-state index contributed by atoms with van der Waals surface area (Å²) in [6.07, 6.45) is 1.47. The van der Waals surface area contributed by atoms with E-state index in [9.17, 15) is 14.4 Å². The lowest BCUT2D eigenvalue weighted by molar-refractivity contribution is 0.0878. The first-order chi connectivity index (χ1) is 12.1. The van der Waals surface area contributed by atoms with E-state index >= 15 is 0 Å². The van der Waals surface area contributed by atoms with E-state index < -0.39 is 0 Å². The molecule has 0 atom stereocenters. The highest BCUT2D eigenvalue weighted by molar-refractivity contribution is 6.21. The van der Waals surface area contributed by atoms with E-state index in [1.165, 1.54) is 6.26 Å². The van der Waals surface area contributed by atoms with Crippen molar-refractivity contribution in [3.8, 4) is 0 Å². The number of amides is 3. The summed E-state index contributed by atoms with van der Waals surface area (Å²) in [5.74, 6) is -0.522. The molecule has 0 aliphatic carbocycles. The number of nitrogens with one attached hydrogen (secondary N) is 2. The molecule has 0 fully saturated rings. The molecule has 3 aromatic rings. The number of hydrogen-bond donors (Lipinski definition) is 2. The van der Waals surface area contributed by atoms with E-state index in [1.807, 2.05) is 30.3 Å². The molecule has 2 N–H and O–H groups in total. The third-order valence-corrected chi connectivity index (χ3v) is 3.42. The fourth-order valence-electron chi connectivity index (χ4n) is 2.24. The van der Waals surface area contributed by atoms with Crippen molar-refractivity contribution in [1.82, 2.24) is 5.32 Å². The molecule has 0 saturated heterocycles. The smallest absolute Gasteiger partial charge is 0.291 e. The number of carbonyl (C=O) groups excluding carboxylic acids is 3. The van der Waals surface area contributed by atoms with E-state index in [1.54, 1.807) is 36.4 Å². The van der Waals surface area contributed by atoms with Gasteiger partial charge in [0.25, 0.3) is 17.7 Å². The van der Waals surface area contributed by atoms with Gasteiger partial charge in [0, 0.05) is 5.69 Å². The van der Waals surface area contributed by atoms with Gasteiger partial charge in [0.2, 0.25) is 0 Å². The number of fused-ring (bicyclic) bond motifs is 1. The van der Waals surface area contributed by atoms with Crippen LogP contribution in [0.2, 0.25) is 0 Å². The van der Waals surface area contributed by atoms with Crippen molar-refractivity contribution in [2.45, 2.75) is 0 Å². The Balaban J connectivity index is 0.000000150. The van der Waals surface area contributed by atoms with Gasteiger partial charge in [-0.25, -0.2) is 0 Å². The van der Waals surface area contributed by atoms with Crippen LogP contribution in [0.1, 0.15) is 31.3 Å². The second-order valence-corrected chi connectivity index (χ2v) is 5.13. The molecule has 3 amide bonds. The Labute approximate surface area is 143 Å². The molecule has 2 heterocycles. The van der Waals surface area contributed by atoms with Gasteiger partial charge in [0.15, 0.2) is 5.76 Å². The third-order valence-electron chi connectivity index (χ3n) is 3.42. The number of imide groups is 1. The van der Waals surface area contributed by atoms with Crippen LogP contribution in [0, 0.1) is 0 Å². The first-order valence-electron chi connectivity index (χ1n) is 7.50. The molecule has 6 heteroatoms. The monoisotopic (exact) mass is 334 g/mol. The molecule has 0 bridgehead atoms. The number of rotatable bonds is 2. The number of benzene rings is 2. The van der Waals surface area contributed by atoms with E-state index in [0.717, 1.165) is 5.69 Å². The topological polar surface area (TPSA) is 88.4 Å². The highest BCUT2D eigenvalue weighted by atomic mass is 16.3. The molecule has 1 aromatic heterocycles. The zero-order valence-electron chi connectivity index (χ0n) is 13.1. The van der Waals surface area contributed by atoms with Gasteiger partial charge in [-0.05, 0) is 36.4 Å². The molecule has 6 nitrogen and oxygen atoms in total. The van der Waals surface area contributed by atoms with Crippen LogP contribution >= 0.6 is 0 Å². The summed E-state index contributed by atoms with van der Waals surface area (Å²) in [5.41, 5.74) is 1.70. The Morgan fingerprint density at radius 2 is 1.40 bits per heavy atom. The predicted octanol–water partition coefficient (Wildman–Crippen LogP) is 3.10. The van der Waals surface area contributed by atoms with Gasteiger partial charge in [-0.15, -0.1) is 0 Å². The summed E-state index contributed by atoms with van der Waals surface area (Å²) in [5, 5.41) is 4.92. The summed E-state index contributed by atoms with van der Waals surface area (Å²) >= 11 is 0. The Kier molecular flexibility index (Phi) is 4.71. The second-order valence-electron chi connectivity index (χ2n) is 5.13. The van der Waals surface area contributed by atoms with E-state index in [-0.39, 0.29) is 17.7 Å². The summed E-state index contributed by atoms with van der Waals surface area (Å²) < 4.78 is 4.96. The van der Waals surface area contributed by atoms with Crippen LogP contribution in [-0.2, 0) is 0 Å². The molecular formula is C19H14N2O4. The fourth-order valence-corrected chi connectivity index (χ4v) is 2.24. The number of carbonyl (C=O) groups is 3. The third kappa shape index (κ3) is 3.81. The van der Waals surface area contributed by atoms with Gasteiger partial charge >= 0.3 is 0 Å². The molecular weight excluding hydrogens is 320 g/mol. The maximum absolute atomic E-state index is 11.5. The molecule has 124 valence electrons. The van der Waals surface area contributed by atoms with Crippen molar-refractivity contribution in [2.75, 3.05) is 5.32 Å². The zero-order valence-corrected chi connectivity index (χ0v) is 13.1. The Bertz CT molecular complexity index is 869. The standard InChI is InChI=1S/C11H9NO2.C8H5NO2/c13-11(10-7-4-8-14-10)12-9-5-2-1-3-6-9;10-7-5-3-1-2-4-6(5)8(11)9-7/h1-8H,(H,12,13);1-4H,(H,9,10,11). The molecule has 25 heavy (non-hydrogen) atoms. The van der Waals surface area contributed by atoms with Gasteiger partial charge in [-0.3, -0.25) is 19.7 Å². The van der Waals surface area contributed by atoms with Crippen LogP contribution in [0.3, 0.4) is 0 Å². The van der Waals surface area contributed by atoms with Crippen LogP contribution < -0.4 is 10.6 Å². The molecule has 1 aliphatic rings. The van der Waals surface area contributed by atoms with Crippen molar-refractivity contribution in [3.63, 3.8) is 0 Å². The lowest BCUT2D eigenvalue weighted by atomic mass is 10.1. The zero-order chi connectivity index (χ0) is 17.6. The molecule has 0 unspecified atom stereocenters. The van der Waals surface area contributed by atoms with Gasteiger partial charge in [0.05, 0.1) is 17.4 Å². The molecule has 0 spiro atoms. The number of furan rings is 1. The summed E-state index contributed by atoms with van der Waals surface area (Å²) in [6.45, 7) is 0. The van der Waals surface area contributed by atoms with Crippen LogP contribution in [-0.4, -0.2) is 17.7 Å². The van der Waals surface area contributed by atoms with Crippen LogP contribution in [0.4, 0.5) is 5.69 Å². The van der Waals surface area contributed by atoms with Gasteiger partial charge in [-0.1, -0.05) is 30.3 Å². The summed E-state index contributed by atoms with van der Waals surface area (Å²) in [4.78, 5) is 33.4. The first-order valence-corrected chi connectivity index (χ1v) is 7.50. The maximum Gasteiger partial charge on any atom is 0.291 e. The van der Waals surface area contributed by atoms with Crippen molar-refractivity contribution in [3.05, 3.63) is 89.9 Å². The minimum absolute atomic E-state index is 0.235. The van der Waals surface area contributed by atoms with E-state index in [0.29, 0.717) is 16.9 Å².